The number of morpholine rings is 1. The summed E-state index contributed by atoms with van der Waals surface area (Å²) in [4.78, 5) is 17.0. The molecule has 7 nitrogen and oxygen atoms in total. The van der Waals surface area contributed by atoms with Crippen molar-refractivity contribution >= 4 is 17.4 Å². The molecule has 0 spiro atoms. The second-order valence-corrected chi connectivity index (χ2v) is 6.03. The number of ether oxygens (including phenoxy) is 1. The van der Waals surface area contributed by atoms with E-state index in [1.54, 1.807) is 6.20 Å². The lowest BCUT2D eigenvalue weighted by molar-refractivity contribution is -0.161. The van der Waals surface area contributed by atoms with Crippen LogP contribution in [0.1, 0.15) is 6.42 Å². The van der Waals surface area contributed by atoms with Crippen LogP contribution in [0.4, 0.5) is 24.7 Å². The summed E-state index contributed by atoms with van der Waals surface area (Å²) >= 11 is 0. The Labute approximate surface area is 143 Å². The van der Waals surface area contributed by atoms with Gasteiger partial charge in [-0.05, 0) is 0 Å². The first-order chi connectivity index (χ1) is 11.9. The average molecular weight is 359 g/mol. The number of anilines is 2. The number of halogens is 3. The predicted octanol–water partition coefficient (Wildman–Crippen LogP) is 0.914. The minimum absolute atomic E-state index is 0.268. The summed E-state index contributed by atoms with van der Waals surface area (Å²) in [6, 6.07) is 1.92. The summed E-state index contributed by atoms with van der Waals surface area (Å²) in [5.41, 5.74) is 0.861. The van der Waals surface area contributed by atoms with E-state index in [0.29, 0.717) is 26.3 Å². The van der Waals surface area contributed by atoms with Gasteiger partial charge in [0.2, 0.25) is 5.91 Å². The van der Waals surface area contributed by atoms with Gasteiger partial charge < -0.3 is 19.4 Å². The van der Waals surface area contributed by atoms with Gasteiger partial charge in [-0.3, -0.25) is 4.79 Å². The number of carbonyl (C=O) groups is 1. The van der Waals surface area contributed by atoms with Gasteiger partial charge in [-0.1, -0.05) is 0 Å². The van der Waals surface area contributed by atoms with Crippen molar-refractivity contribution in [3.8, 4) is 0 Å². The van der Waals surface area contributed by atoms with Crippen molar-refractivity contribution in [3.05, 3.63) is 12.3 Å². The van der Waals surface area contributed by atoms with Crippen molar-refractivity contribution in [1.29, 1.82) is 0 Å². The Kier molecular flexibility index (Phi) is 5.26. The lowest BCUT2D eigenvalue weighted by Crippen LogP contribution is -2.49. The first-order valence-corrected chi connectivity index (χ1v) is 8.17. The van der Waals surface area contributed by atoms with Gasteiger partial charge in [0.05, 0.1) is 25.1 Å². The predicted molar refractivity (Wildman–Crippen MR) is 84.5 cm³/mol. The highest BCUT2D eigenvalue weighted by molar-refractivity contribution is 5.77. The van der Waals surface area contributed by atoms with E-state index in [-0.39, 0.29) is 13.1 Å². The molecule has 10 heteroatoms. The summed E-state index contributed by atoms with van der Waals surface area (Å²) in [6.45, 7) is 4.26. The molecule has 0 bridgehead atoms. The highest BCUT2D eigenvalue weighted by Crippen LogP contribution is 2.23. The molecule has 2 fully saturated rings. The van der Waals surface area contributed by atoms with Gasteiger partial charge in [0, 0.05) is 45.3 Å². The Hall–Kier alpha value is -2.10. The topological polar surface area (TPSA) is 61.8 Å². The van der Waals surface area contributed by atoms with Crippen molar-refractivity contribution in [2.45, 2.75) is 12.6 Å². The lowest BCUT2D eigenvalue weighted by Gasteiger charge is -2.36. The monoisotopic (exact) mass is 359 g/mol. The maximum absolute atomic E-state index is 12.3. The van der Waals surface area contributed by atoms with Crippen LogP contribution >= 0.6 is 0 Å². The third kappa shape index (κ3) is 4.71. The van der Waals surface area contributed by atoms with Gasteiger partial charge in [0.15, 0.2) is 5.82 Å². The van der Waals surface area contributed by atoms with Crippen molar-refractivity contribution in [2.75, 3.05) is 62.3 Å². The summed E-state index contributed by atoms with van der Waals surface area (Å²) in [5, 5.41) is 8.18. The molecule has 0 N–H and O–H groups in total. The molecule has 0 radical (unpaired) electrons. The fourth-order valence-electron chi connectivity index (χ4n) is 2.96. The fraction of sp³-hybridized carbons (Fsp3) is 0.667. The summed E-state index contributed by atoms with van der Waals surface area (Å²) in [7, 11) is 0. The third-order valence-corrected chi connectivity index (χ3v) is 4.31. The quantitative estimate of drug-likeness (QED) is 0.800. The number of piperazine rings is 1. The van der Waals surface area contributed by atoms with Crippen LogP contribution < -0.4 is 9.80 Å². The Morgan fingerprint density at radius 2 is 1.76 bits per heavy atom. The van der Waals surface area contributed by atoms with Crippen LogP contribution in [0.5, 0.6) is 0 Å². The number of hydrogen-bond donors (Lipinski definition) is 0. The Balaban J connectivity index is 1.58. The van der Waals surface area contributed by atoms with Gasteiger partial charge in [-0.25, -0.2) is 0 Å². The largest absolute Gasteiger partial charge is 0.397 e. The van der Waals surface area contributed by atoms with E-state index in [4.69, 9.17) is 4.74 Å². The Morgan fingerprint density at radius 3 is 2.40 bits per heavy atom. The number of alkyl halides is 3. The van der Waals surface area contributed by atoms with E-state index in [1.165, 1.54) is 4.90 Å². The number of amides is 1. The zero-order chi connectivity index (χ0) is 17.9. The van der Waals surface area contributed by atoms with E-state index < -0.39 is 18.5 Å². The minimum atomic E-state index is -4.46. The minimum Gasteiger partial charge on any atom is -0.378 e. The number of hydrogen-bond acceptors (Lipinski definition) is 6. The standard InChI is InChI=1S/C15H20F3N5O2/c16-15(17,18)10-14(24)23-3-1-21(2-4-23)12-9-13(20-19-11-12)22-5-7-25-8-6-22/h9,11H,1-8,10H2. The molecule has 2 aliphatic heterocycles. The molecular formula is C15H20F3N5O2. The molecule has 1 amide bonds. The highest BCUT2D eigenvalue weighted by Gasteiger charge is 2.34. The molecule has 0 saturated carbocycles. The van der Waals surface area contributed by atoms with Crippen LogP contribution in [0, 0.1) is 0 Å². The molecule has 25 heavy (non-hydrogen) atoms. The van der Waals surface area contributed by atoms with Gasteiger partial charge in [0.25, 0.3) is 0 Å². The Bertz CT molecular complexity index is 599. The normalized spacial score (nSPS) is 19.2. The van der Waals surface area contributed by atoms with Crippen LogP contribution in [0.15, 0.2) is 12.3 Å². The zero-order valence-electron chi connectivity index (χ0n) is 13.7. The molecule has 138 valence electrons. The second-order valence-electron chi connectivity index (χ2n) is 6.03. The first-order valence-electron chi connectivity index (χ1n) is 8.17. The molecule has 2 saturated heterocycles. The van der Waals surface area contributed by atoms with Crippen LogP contribution in [0.25, 0.3) is 0 Å². The van der Waals surface area contributed by atoms with Crippen LogP contribution in [-0.4, -0.2) is 79.7 Å². The maximum atomic E-state index is 12.3. The molecule has 0 aliphatic carbocycles. The first kappa shape index (κ1) is 17.7. The molecule has 1 aromatic rings. The number of carbonyl (C=O) groups excluding carboxylic acids is 1. The summed E-state index contributed by atoms with van der Waals surface area (Å²) in [6.07, 6.45) is -4.22. The summed E-state index contributed by atoms with van der Waals surface area (Å²) < 4.78 is 42.3. The highest BCUT2D eigenvalue weighted by atomic mass is 19.4. The molecular weight excluding hydrogens is 339 g/mol. The molecule has 2 aliphatic rings. The third-order valence-electron chi connectivity index (χ3n) is 4.31. The van der Waals surface area contributed by atoms with Gasteiger partial charge in [0.1, 0.15) is 6.42 Å². The molecule has 3 rings (SSSR count). The van der Waals surface area contributed by atoms with Crippen molar-refractivity contribution in [1.82, 2.24) is 15.1 Å². The molecule has 1 aromatic heterocycles. The summed E-state index contributed by atoms with van der Waals surface area (Å²) in [5.74, 6) is -0.106. The van der Waals surface area contributed by atoms with E-state index >= 15 is 0 Å². The molecule has 0 atom stereocenters. The van der Waals surface area contributed by atoms with Gasteiger partial charge in [-0.15, -0.1) is 5.10 Å². The number of aromatic nitrogens is 2. The molecule has 0 aromatic carbocycles. The van der Waals surface area contributed by atoms with E-state index in [0.717, 1.165) is 24.6 Å². The van der Waals surface area contributed by atoms with Crippen LogP contribution in [-0.2, 0) is 9.53 Å². The fourth-order valence-corrected chi connectivity index (χ4v) is 2.96. The molecule has 0 unspecified atom stereocenters. The van der Waals surface area contributed by atoms with Crippen molar-refractivity contribution < 1.29 is 22.7 Å². The van der Waals surface area contributed by atoms with Crippen molar-refractivity contribution in [3.63, 3.8) is 0 Å². The maximum Gasteiger partial charge on any atom is 0.397 e. The van der Waals surface area contributed by atoms with Crippen LogP contribution in [0.2, 0.25) is 0 Å². The number of nitrogens with zero attached hydrogens (tertiary/aromatic N) is 5. The smallest absolute Gasteiger partial charge is 0.378 e. The van der Waals surface area contributed by atoms with E-state index in [2.05, 4.69) is 15.1 Å². The lowest BCUT2D eigenvalue weighted by atomic mass is 10.2. The van der Waals surface area contributed by atoms with E-state index in [1.807, 2.05) is 11.0 Å². The van der Waals surface area contributed by atoms with Gasteiger partial charge in [-0.2, -0.15) is 18.3 Å². The van der Waals surface area contributed by atoms with Crippen LogP contribution in [0.3, 0.4) is 0 Å². The molecule has 3 heterocycles. The number of rotatable bonds is 3. The zero-order valence-corrected chi connectivity index (χ0v) is 13.7. The SMILES string of the molecule is O=C(CC(F)(F)F)N1CCN(c2cnnc(N3CCOCC3)c2)CC1. The van der Waals surface area contributed by atoms with Gasteiger partial charge >= 0.3 is 6.18 Å². The van der Waals surface area contributed by atoms with Crippen molar-refractivity contribution in [2.24, 2.45) is 0 Å². The second kappa shape index (κ2) is 7.42. The average Bonchev–Trinajstić information content (AvgIpc) is 2.61. The Morgan fingerprint density at radius 1 is 1.08 bits per heavy atom. The van der Waals surface area contributed by atoms with E-state index in [9.17, 15) is 18.0 Å².